The second-order valence-electron chi connectivity index (χ2n) is 6.01. The van der Waals surface area contributed by atoms with Crippen LogP contribution in [-0.2, 0) is 6.54 Å². The van der Waals surface area contributed by atoms with Crippen LogP contribution in [0.5, 0.6) is 0 Å². The summed E-state index contributed by atoms with van der Waals surface area (Å²) in [5.74, 6) is -1.02. The molecule has 1 aromatic heterocycles. The number of hydrogen-bond acceptors (Lipinski definition) is 6. The predicted molar refractivity (Wildman–Crippen MR) is 102 cm³/mol. The fourth-order valence-electron chi connectivity index (χ4n) is 2.75. The molecule has 3 aromatic rings. The number of fused-ring (bicyclic) bond motifs is 1. The second kappa shape index (κ2) is 6.98. The van der Waals surface area contributed by atoms with Crippen molar-refractivity contribution in [2.75, 3.05) is 22.7 Å². The summed E-state index contributed by atoms with van der Waals surface area (Å²) < 4.78 is 27.3. The van der Waals surface area contributed by atoms with Crippen LogP contribution in [0.25, 0.3) is 0 Å². The highest BCUT2D eigenvalue weighted by atomic mass is 35.5. The molecule has 6 nitrogen and oxygen atoms in total. The minimum atomic E-state index is -0.640. The largest absolute Gasteiger partial charge is 0.338 e. The van der Waals surface area contributed by atoms with Crippen molar-refractivity contribution in [2.24, 2.45) is 0 Å². The lowest BCUT2D eigenvalue weighted by Gasteiger charge is -2.14. The Bertz CT molecular complexity index is 1010. The maximum absolute atomic E-state index is 14.1. The molecule has 9 heteroatoms. The Morgan fingerprint density at radius 3 is 2.67 bits per heavy atom. The Morgan fingerprint density at radius 1 is 1.07 bits per heavy atom. The van der Waals surface area contributed by atoms with E-state index in [4.69, 9.17) is 11.6 Å². The number of aromatic nitrogens is 2. The molecule has 0 spiro atoms. The van der Waals surface area contributed by atoms with Crippen molar-refractivity contribution in [1.82, 2.24) is 15.4 Å². The highest BCUT2D eigenvalue weighted by molar-refractivity contribution is 6.31. The lowest BCUT2D eigenvalue weighted by molar-refractivity contribution is 0.619. The van der Waals surface area contributed by atoms with Crippen molar-refractivity contribution >= 4 is 40.4 Å². The van der Waals surface area contributed by atoms with Gasteiger partial charge in [-0.25, -0.2) is 19.2 Å². The second-order valence-corrected chi connectivity index (χ2v) is 6.41. The standard InChI is InChI=1S/C18H15ClF2N6/c1-27-16-7-12(3-2-10(16)8-23-27)25-18-22-9-15(21)17(26-18)24-11-4-5-14(20)13(19)6-11/h2-7,9,23H,8H2,1H3,(H2,22,24,25,26). The zero-order valence-electron chi connectivity index (χ0n) is 14.2. The topological polar surface area (TPSA) is 65.1 Å². The minimum absolute atomic E-state index is 0.0462. The van der Waals surface area contributed by atoms with Gasteiger partial charge in [-0.2, -0.15) is 4.98 Å². The van der Waals surface area contributed by atoms with E-state index < -0.39 is 11.6 Å². The molecule has 0 unspecified atom stereocenters. The molecule has 0 fully saturated rings. The molecule has 138 valence electrons. The molecule has 0 bridgehead atoms. The van der Waals surface area contributed by atoms with Crippen LogP contribution in [0.4, 0.5) is 37.6 Å². The molecule has 27 heavy (non-hydrogen) atoms. The number of nitrogens with zero attached hydrogens (tertiary/aromatic N) is 3. The lowest BCUT2D eigenvalue weighted by atomic mass is 10.2. The summed E-state index contributed by atoms with van der Waals surface area (Å²) in [6, 6.07) is 9.84. The van der Waals surface area contributed by atoms with Crippen molar-refractivity contribution in [3.8, 4) is 0 Å². The minimum Gasteiger partial charge on any atom is -0.338 e. The van der Waals surface area contributed by atoms with Crippen molar-refractivity contribution in [1.29, 1.82) is 0 Å². The Labute approximate surface area is 159 Å². The summed E-state index contributed by atoms with van der Waals surface area (Å²) in [5, 5.41) is 7.70. The summed E-state index contributed by atoms with van der Waals surface area (Å²) in [6.07, 6.45) is 1.06. The van der Waals surface area contributed by atoms with Crippen LogP contribution < -0.4 is 21.1 Å². The molecule has 3 N–H and O–H groups in total. The zero-order valence-corrected chi connectivity index (χ0v) is 15.0. The van der Waals surface area contributed by atoms with Gasteiger partial charge in [0.1, 0.15) is 5.82 Å². The normalized spacial score (nSPS) is 12.8. The first-order chi connectivity index (χ1) is 13.0. The van der Waals surface area contributed by atoms with Gasteiger partial charge >= 0.3 is 0 Å². The quantitative estimate of drug-likeness (QED) is 0.617. The van der Waals surface area contributed by atoms with Gasteiger partial charge in [0, 0.05) is 25.0 Å². The number of halogens is 3. The van der Waals surface area contributed by atoms with Gasteiger partial charge in [-0.15, -0.1) is 0 Å². The van der Waals surface area contributed by atoms with E-state index in [0.29, 0.717) is 5.69 Å². The van der Waals surface area contributed by atoms with Crippen LogP contribution in [0.15, 0.2) is 42.6 Å². The van der Waals surface area contributed by atoms with Gasteiger partial charge in [0.15, 0.2) is 11.6 Å². The first kappa shape index (κ1) is 17.4. The van der Waals surface area contributed by atoms with E-state index in [0.717, 1.165) is 24.1 Å². The third-order valence-electron chi connectivity index (χ3n) is 4.14. The SMILES string of the molecule is CN1NCc2ccc(Nc3ncc(F)c(Nc4ccc(F)c(Cl)c4)n3)cc21. The fourth-order valence-corrected chi connectivity index (χ4v) is 2.93. The fraction of sp³-hybridized carbons (Fsp3) is 0.111. The first-order valence-corrected chi connectivity index (χ1v) is 8.49. The molecule has 1 aliphatic heterocycles. The average Bonchev–Trinajstić information content (AvgIpc) is 3.02. The van der Waals surface area contributed by atoms with E-state index in [2.05, 4.69) is 26.0 Å². The van der Waals surface area contributed by atoms with Crippen molar-refractivity contribution in [3.63, 3.8) is 0 Å². The summed E-state index contributed by atoms with van der Waals surface area (Å²) in [5.41, 5.74) is 6.61. The third-order valence-corrected chi connectivity index (χ3v) is 4.43. The molecule has 0 saturated heterocycles. The summed E-state index contributed by atoms with van der Waals surface area (Å²) in [7, 11) is 1.93. The van der Waals surface area contributed by atoms with Gasteiger partial charge in [0.05, 0.1) is 16.9 Å². The van der Waals surface area contributed by atoms with Gasteiger partial charge in [0.2, 0.25) is 5.95 Å². The first-order valence-electron chi connectivity index (χ1n) is 8.11. The van der Waals surface area contributed by atoms with Crippen LogP contribution in [0.2, 0.25) is 5.02 Å². The Hall–Kier alpha value is -2.97. The summed E-state index contributed by atoms with van der Waals surface area (Å²) in [4.78, 5) is 8.12. The van der Waals surface area contributed by atoms with E-state index in [1.165, 1.54) is 23.8 Å². The number of hydrazine groups is 1. The van der Waals surface area contributed by atoms with Crippen LogP contribution in [-0.4, -0.2) is 17.0 Å². The number of hydrogen-bond donors (Lipinski definition) is 3. The van der Waals surface area contributed by atoms with Crippen LogP contribution >= 0.6 is 11.6 Å². The smallest absolute Gasteiger partial charge is 0.229 e. The zero-order chi connectivity index (χ0) is 19.0. The van der Waals surface area contributed by atoms with E-state index in [9.17, 15) is 8.78 Å². The van der Waals surface area contributed by atoms with E-state index >= 15 is 0 Å². The highest BCUT2D eigenvalue weighted by Gasteiger charge is 2.16. The molecular weight excluding hydrogens is 374 g/mol. The molecule has 0 atom stereocenters. The molecule has 1 aliphatic rings. The molecule has 4 rings (SSSR count). The average molecular weight is 389 g/mol. The van der Waals surface area contributed by atoms with Gasteiger partial charge < -0.3 is 15.6 Å². The lowest BCUT2D eigenvalue weighted by Crippen LogP contribution is -2.26. The third kappa shape index (κ3) is 3.62. The Kier molecular flexibility index (Phi) is 4.51. The molecule has 0 radical (unpaired) electrons. The van der Waals surface area contributed by atoms with Crippen LogP contribution in [0.1, 0.15) is 5.56 Å². The number of benzene rings is 2. The summed E-state index contributed by atoms with van der Waals surface area (Å²) >= 11 is 5.75. The maximum atomic E-state index is 14.1. The van der Waals surface area contributed by atoms with Crippen molar-refractivity contribution < 1.29 is 8.78 Å². The van der Waals surface area contributed by atoms with Crippen LogP contribution in [0.3, 0.4) is 0 Å². The number of nitrogens with one attached hydrogen (secondary N) is 3. The Balaban J connectivity index is 1.57. The number of rotatable bonds is 4. The molecule has 0 amide bonds. The van der Waals surface area contributed by atoms with Gasteiger partial charge in [-0.1, -0.05) is 17.7 Å². The van der Waals surface area contributed by atoms with Gasteiger partial charge in [-0.05, 0) is 35.9 Å². The molecular formula is C18H15ClF2N6. The molecule has 0 saturated carbocycles. The molecule has 2 aromatic carbocycles. The van der Waals surface area contributed by atoms with Crippen molar-refractivity contribution in [2.45, 2.75) is 6.54 Å². The highest BCUT2D eigenvalue weighted by Crippen LogP contribution is 2.29. The van der Waals surface area contributed by atoms with E-state index in [1.54, 1.807) is 0 Å². The van der Waals surface area contributed by atoms with Gasteiger partial charge in [0.25, 0.3) is 0 Å². The monoisotopic (exact) mass is 388 g/mol. The van der Waals surface area contributed by atoms with E-state index in [1.807, 2.05) is 30.3 Å². The molecule has 0 aliphatic carbocycles. The summed E-state index contributed by atoms with van der Waals surface area (Å²) in [6.45, 7) is 0.771. The van der Waals surface area contributed by atoms with E-state index in [-0.39, 0.29) is 16.8 Å². The van der Waals surface area contributed by atoms with Crippen LogP contribution in [0, 0.1) is 11.6 Å². The predicted octanol–water partition coefficient (Wildman–Crippen LogP) is 4.35. The van der Waals surface area contributed by atoms with Crippen molar-refractivity contribution in [3.05, 3.63) is 64.8 Å². The maximum Gasteiger partial charge on any atom is 0.229 e. The number of anilines is 5. The Morgan fingerprint density at radius 2 is 1.85 bits per heavy atom. The molecule has 2 heterocycles. The van der Waals surface area contributed by atoms with Gasteiger partial charge in [-0.3, -0.25) is 0 Å².